The summed E-state index contributed by atoms with van der Waals surface area (Å²) in [7, 11) is 0. The SMILES string of the molecule is Cc1cc(N)ccc1C(C)(c1ccccc1)c1ccc(N)cc1C. The van der Waals surface area contributed by atoms with Crippen LogP contribution in [-0.2, 0) is 5.41 Å². The Bertz CT molecular complexity index is 815. The average Bonchev–Trinajstić information content (AvgIpc) is 2.55. The Labute approximate surface area is 144 Å². The molecule has 2 heteroatoms. The van der Waals surface area contributed by atoms with E-state index in [0.29, 0.717) is 0 Å². The van der Waals surface area contributed by atoms with Gasteiger partial charge in [0.15, 0.2) is 0 Å². The molecule has 0 amide bonds. The van der Waals surface area contributed by atoms with E-state index in [1.54, 1.807) is 0 Å². The van der Waals surface area contributed by atoms with Crippen molar-refractivity contribution in [1.29, 1.82) is 0 Å². The van der Waals surface area contributed by atoms with E-state index in [2.05, 4.69) is 63.2 Å². The first-order valence-electron chi connectivity index (χ1n) is 8.21. The summed E-state index contributed by atoms with van der Waals surface area (Å²) in [4.78, 5) is 0. The van der Waals surface area contributed by atoms with Gasteiger partial charge in [0.2, 0.25) is 0 Å². The largest absolute Gasteiger partial charge is 0.399 e. The fourth-order valence-electron chi connectivity index (χ4n) is 3.72. The molecule has 3 rings (SSSR count). The molecule has 2 nitrogen and oxygen atoms in total. The van der Waals surface area contributed by atoms with Gasteiger partial charge in [0, 0.05) is 16.8 Å². The van der Waals surface area contributed by atoms with E-state index in [9.17, 15) is 0 Å². The monoisotopic (exact) mass is 316 g/mol. The summed E-state index contributed by atoms with van der Waals surface area (Å²) in [6, 6.07) is 23.0. The van der Waals surface area contributed by atoms with Crippen molar-refractivity contribution in [1.82, 2.24) is 0 Å². The second kappa shape index (κ2) is 6.04. The maximum atomic E-state index is 5.98. The van der Waals surface area contributed by atoms with Gasteiger partial charge in [-0.15, -0.1) is 0 Å². The van der Waals surface area contributed by atoms with Crippen LogP contribution in [-0.4, -0.2) is 0 Å². The van der Waals surface area contributed by atoms with Gasteiger partial charge in [-0.05, 0) is 72.9 Å². The van der Waals surface area contributed by atoms with Crippen molar-refractivity contribution >= 4 is 11.4 Å². The molecule has 3 aromatic rings. The van der Waals surface area contributed by atoms with Gasteiger partial charge in [-0.3, -0.25) is 0 Å². The topological polar surface area (TPSA) is 52.0 Å². The van der Waals surface area contributed by atoms with Crippen LogP contribution in [0.3, 0.4) is 0 Å². The predicted molar refractivity (Wildman–Crippen MR) is 103 cm³/mol. The minimum atomic E-state index is -0.267. The molecule has 0 spiro atoms. The molecule has 0 atom stereocenters. The summed E-state index contributed by atoms with van der Waals surface area (Å²) in [6.07, 6.45) is 0. The first-order chi connectivity index (χ1) is 11.4. The van der Waals surface area contributed by atoms with E-state index in [1.165, 1.54) is 27.8 Å². The van der Waals surface area contributed by atoms with Crippen LogP contribution in [0, 0.1) is 13.8 Å². The zero-order chi connectivity index (χ0) is 17.3. The third kappa shape index (κ3) is 2.65. The number of aryl methyl sites for hydroxylation is 2. The molecule has 0 unspecified atom stereocenters. The molecule has 0 aliphatic heterocycles. The third-order valence-electron chi connectivity index (χ3n) is 4.93. The van der Waals surface area contributed by atoms with Gasteiger partial charge in [0.05, 0.1) is 0 Å². The fourth-order valence-corrected chi connectivity index (χ4v) is 3.72. The van der Waals surface area contributed by atoms with Crippen LogP contribution < -0.4 is 11.5 Å². The Morgan fingerprint density at radius 3 is 1.54 bits per heavy atom. The van der Waals surface area contributed by atoms with E-state index >= 15 is 0 Å². The second-order valence-electron chi connectivity index (χ2n) is 6.64. The van der Waals surface area contributed by atoms with Crippen molar-refractivity contribution < 1.29 is 0 Å². The average molecular weight is 316 g/mol. The molecular formula is C22H24N2. The highest BCUT2D eigenvalue weighted by molar-refractivity contribution is 5.59. The van der Waals surface area contributed by atoms with Gasteiger partial charge in [0.25, 0.3) is 0 Å². The molecule has 0 heterocycles. The van der Waals surface area contributed by atoms with Gasteiger partial charge >= 0.3 is 0 Å². The van der Waals surface area contributed by atoms with Gasteiger partial charge < -0.3 is 11.5 Å². The lowest BCUT2D eigenvalue weighted by Crippen LogP contribution is -2.27. The molecule has 0 bridgehead atoms. The third-order valence-corrected chi connectivity index (χ3v) is 4.93. The Morgan fingerprint density at radius 2 is 1.12 bits per heavy atom. The molecule has 0 fully saturated rings. The van der Waals surface area contributed by atoms with Crippen LogP contribution >= 0.6 is 0 Å². The van der Waals surface area contributed by atoms with Crippen molar-refractivity contribution in [2.45, 2.75) is 26.2 Å². The Balaban J connectivity index is 2.33. The smallest absolute Gasteiger partial charge is 0.0428 e. The maximum Gasteiger partial charge on any atom is 0.0428 e. The van der Waals surface area contributed by atoms with Crippen molar-refractivity contribution in [3.05, 3.63) is 94.5 Å². The van der Waals surface area contributed by atoms with Crippen molar-refractivity contribution in [2.75, 3.05) is 11.5 Å². The summed E-state index contributed by atoms with van der Waals surface area (Å²) in [6.45, 7) is 6.53. The predicted octanol–water partition coefficient (Wildman–Crippen LogP) is 4.82. The lowest BCUT2D eigenvalue weighted by Gasteiger charge is -2.34. The fraction of sp³-hybridized carbons (Fsp3) is 0.182. The summed E-state index contributed by atoms with van der Waals surface area (Å²) < 4.78 is 0. The van der Waals surface area contributed by atoms with E-state index in [1.807, 2.05) is 24.3 Å². The Morgan fingerprint density at radius 1 is 0.667 bits per heavy atom. The molecule has 0 aliphatic carbocycles. The van der Waals surface area contributed by atoms with Gasteiger partial charge in [-0.1, -0.05) is 42.5 Å². The maximum absolute atomic E-state index is 5.98. The van der Waals surface area contributed by atoms with Crippen LogP contribution in [0.25, 0.3) is 0 Å². The Hall–Kier alpha value is -2.74. The van der Waals surface area contributed by atoms with E-state index < -0.39 is 0 Å². The quantitative estimate of drug-likeness (QED) is 0.537. The number of nitrogen functional groups attached to an aromatic ring is 2. The Kier molecular flexibility index (Phi) is 4.06. The van der Waals surface area contributed by atoms with Crippen molar-refractivity contribution in [3.63, 3.8) is 0 Å². The molecule has 4 N–H and O–H groups in total. The first-order valence-corrected chi connectivity index (χ1v) is 8.21. The normalized spacial score (nSPS) is 11.5. The van der Waals surface area contributed by atoms with E-state index in [0.717, 1.165) is 11.4 Å². The standard InChI is InChI=1S/C22H24N2/c1-15-13-18(23)9-11-20(15)22(3,17-7-5-4-6-8-17)21-12-10-19(24)14-16(21)2/h4-14H,23-24H2,1-3H3. The number of hydrogen-bond donors (Lipinski definition) is 2. The van der Waals surface area contributed by atoms with Crippen LogP contribution in [0.5, 0.6) is 0 Å². The van der Waals surface area contributed by atoms with Crippen molar-refractivity contribution in [3.8, 4) is 0 Å². The summed E-state index contributed by atoms with van der Waals surface area (Å²) >= 11 is 0. The summed E-state index contributed by atoms with van der Waals surface area (Å²) in [5.41, 5.74) is 19.4. The number of nitrogens with two attached hydrogens (primary N) is 2. The summed E-state index contributed by atoms with van der Waals surface area (Å²) in [5, 5.41) is 0. The van der Waals surface area contributed by atoms with Gasteiger partial charge in [-0.25, -0.2) is 0 Å². The highest BCUT2D eigenvalue weighted by Gasteiger charge is 2.33. The number of hydrogen-bond acceptors (Lipinski definition) is 2. The highest BCUT2D eigenvalue weighted by Crippen LogP contribution is 2.42. The van der Waals surface area contributed by atoms with Crippen LogP contribution in [0.2, 0.25) is 0 Å². The van der Waals surface area contributed by atoms with E-state index in [4.69, 9.17) is 11.5 Å². The van der Waals surface area contributed by atoms with Crippen molar-refractivity contribution in [2.24, 2.45) is 0 Å². The van der Waals surface area contributed by atoms with Crippen LogP contribution in [0.1, 0.15) is 34.7 Å². The van der Waals surface area contributed by atoms with Crippen LogP contribution in [0.15, 0.2) is 66.7 Å². The van der Waals surface area contributed by atoms with Crippen LogP contribution in [0.4, 0.5) is 11.4 Å². The number of anilines is 2. The minimum Gasteiger partial charge on any atom is -0.399 e. The molecule has 3 aromatic carbocycles. The minimum absolute atomic E-state index is 0.267. The zero-order valence-electron chi connectivity index (χ0n) is 14.5. The first kappa shape index (κ1) is 16.1. The lowest BCUT2D eigenvalue weighted by atomic mass is 9.68. The van der Waals surface area contributed by atoms with E-state index in [-0.39, 0.29) is 5.41 Å². The molecule has 0 saturated heterocycles. The second-order valence-corrected chi connectivity index (χ2v) is 6.64. The lowest BCUT2D eigenvalue weighted by molar-refractivity contribution is 0.682. The molecule has 24 heavy (non-hydrogen) atoms. The molecule has 122 valence electrons. The molecular weight excluding hydrogens is 292 g/mol. The number of rotatable bonds is 3. The molecule has 0 aliphatic rings. The highest BCUT2D eigenvalue weighted by atomic mass is 14.6. The summed E-state index contributed by atoms with van der Waals surface area (Å²) in [5.74, 6) is 0. The zero-order valence-corrected chi connectivity index (χ0v) is 14.5. The van der Waals surface area contributed by atoms with Gasteiger partial charge in [-0.2, -0.15) is 0 Å². The molecule has 0 radical (unpaired) electrons. The number of benzene rings is 3. The molecule has 0 saturated carbocycles. The van der Waals surface area contributed by atoms with Gasteiger partial charge in [0.1, 0.15) is 0 Å². The molecule has 0 aromatic heterocycles.